The summed E-state index contributed by atoms with van der Waals surface area (Å²) in [6.45, 7) is 0. The fraction of sp³-hybridized carbons (Fsp3) is 0.133. The minimum atomic E-state index is -0.0710. The lowest BCUT2D eigenvalue weighted by molar-refractivity contribution is 0.102. The molecule has 0 bridgehead atoms. The highest BCUT2D eigenvalue weighted by Crippen LogP contribution is 2.23. The summed E-state index contributed by atoms with van der Waals surface area (Å²) in [6.07, 6.45) is 1.97. The molecule has 4 heteroatoms. The predicted molar refractivity (Wildman–Crippen MR) is 85.2 cm³/mol. The van der Waals surface area contributed by atoms with Crippen molar-refractivity contribution >= 4 is 39.3 Å². The maximum atomic E-state index is 12.3. The van der Waals surface area contributed by atoms with Crippen LogP contribution in [0, 0.1) is 0 Å². The first-order valence-electron chi connectivity index (χ1n) is 5.84. The summed E-state index contributed by atoms with van der Waals surface area (Å²) < 4.78 is 0. The number of nitrogens with one attached hydrogen (secondary N) is 1. The molecule has 0 saturated carbocycles. The molecule has 2 rings (SSSR count). The second-order valence-electron chi connectivity index (χ2n) is 3.95. The van der Waals surface area contributed by atoms with E-state index in [1.807, 2.05) is 54.8 Å². The molecule has 0 radical (unpaired) electrons. The number of hydrogen-bond acceptors (Lipinski definition) is 2. The van der Waals surface area contributed by atoms with Crippen molar-refractivity contribution in [3.63, 3.8) is 0 Å². The van der Waals surface area contributed by atoms with Crippen molar-refractivity contribution in [2.75, 3.05) is 11.6 Å². The largest absolute Gasteiger partial charge is 0.322 e. The summed E-state index contributed by atoms with van der Waals surface area (Å²) in [6, 6.07) is 15.4. The number of carbonyl (C=O) groups is 1. The molecule has 1 N–H and O–H groups in total. The van der Waals surface area contributed by atoms with E-state index in [0.29, 0.717) is 10.9 Å². The van der Waals surface area contributed by atoms with Gasteiger partial charge in [0.2, 0.25) is 0 Å². The number of amides is 1. The van der Waals surface area contributed by atoms with Gasteiger partial charge in [-0.1, -0.05) is 46.3 Å². The number of benzene rings is 2. The highest BCUT2D eigenvalue weighted by Gasteiger charge is 2.11. The fourth-order valence-corrected chi connectivity index (χ4v) is 2.86. The molecule has 0 atom stereocenters. The summed E-state index contributed by atoms with van der Waals surface area (Å²) in [5, 5.41) is 3.69. The first kappa shape index (κ1) is 14.2. The summed E-state index contributed by atoms with van der Waals surface area (Å²) >= 11 is 5.00. The van der Waals surface area contributed by atoms with Crippen molar-refractivity contribution in [1.82, 2.24) is 0 Å². The van der Waals surface area contributed by atoms with Gasteiger partial charge in [-0.25, -0.2) is 0 Å². The van der Waals surface area contributed by atoms with Crippen molar-refractivity contribution in [2.45, 2.75) is 10.2 Å². The van der Waals surface area contributed by atoms with E-state index in [2.05, 4.69) is 21.2 Å². The third-order valence-electron chi connectivity index (χ3n) is 2.76. The number of para-hydroxylation sites is 1. The van der Waals surface area contributed by atoms with Gasteiger partial charge in [-0.05, 0) is 30.0 Å². The Morgan fingerprint density at radius 3 is 2.58 bits per heavy atom. The average molecular weight is 336 g/mol. The Balaban J connectivity index is 2.26. The van der Waals surface area contributed by atoms with Gasteiger partial charge in [0.1, 0.15) is 0 Å². The minimum absolute atomic E-state index is 0.0710. The van der Waals surface area contributed by atoms with Gasteiger partial charge in [-0.15, -0.1) is 11.8 Å². The average Bonchev–Trinajstić information content (AvgIpc) is 2.47. The number of carbonyl (C=O) groups excluding carboxylic acids is 1. The van der Waals surface area contributed by atoms with E-state index in [1.165, 1.54) is 0 Å². The Morgan fingerprint density at radius 2 is 1.84 bits per heavy atom. The van der Waals surface area contributed by atoms with E-state index in [9.17, 15) is 4.79 Å². The van der Waals surface area contributed by atoms with E-state index in [1.54, 1.807) is 11.8 Å². The molecule has 0 saturated heterocycles. The lowest BCUT2D eigenvalue weighted by Crippen LogP contribution is -2.14. The fourth-order valence-electron chi connectivity index (χ4n) is 1.78. The van der Waals surface area contributed by atoms with Crippen LogP contribution in [0.4, 0.5) is 5.69 Å². The smallest absolute Gasteiger partial charge is 0.256 e. The lowest BCUT2D eigenvalue weighted by atomic mass is 10.1. The van der Waals surface area contributed by atoms with E-state index < -0.39 is 0 Å². The van der Waals surface area contributed by atoms with Crippen LogP contribution in [0.3, 0.4) is 0 Å². The van der Waals surface area contributed by atoms with E-state index >= 15 is 0 Å². The number of halogens is 1. The Bertz CT molecular complexity index is 586. The van der Waals surface area contributed by atoms with E-state index in [-0.39, 0.29) is 5.91 Å². The predicted octanol–water partition coefficient (Wildman–Crippen LogP) is 4.56. The lowest BCUT2D eigenvalue weighted by Gasteiger charge is -2.11. The first-order chi connectivity index (χ1) is 9.26. The molecule has 0 heterocycles. The third kappa shape index (κ3) is 3.39. The zero-order valence-electron chi connectivity index (χ0n) is 10.5. The molecule has 0 aliphatic rings. The van der Waals surface area contributed by atoms with Crippen LogP contribution in [0.5, 0.6) is 0 Å². The molecule has 0 aromatic heterocycles. The minimum Gasteiger partial charge on any atom is -0.322 e. The van der Waals surface area contributed by atoms with Gasteiger partial charge in [-0.2, -0.15) is 0 Å². The maximum absolute atomic E-state index is 12.3. The topological polar surface area (TPSA) is 29.1 Å². The third-order valence-corrected chi connectivity index (χ3v) is 4.16. The highest BCUT2D eigenvalue weighted by atomic mass is 79.9. The molecule has 2 aromatic rings. The van der Waals surface area contributed by atoms with Crippen molar-refractivity contribution in [3.05, 3.63) is 59.7 Å². The molecule has 2 nitrogen and oxygen atoms in total. The monoisotopic (exact) mass is 335 g/mol. The van der Waals surface area contributed by atoms with Crippen LogP contribution in [-0.2, 0) is 5.33 Å². The summed E-state index contributed by atoms with van der Waals surface area (Å²) in [4.78, 5) is 13.3. The molecule has 0 spiro atoms. The Morgan fingerprint density at radius 1 is 1.16 bits per heavy atom. The standard InChI is InChI=1S/C15H14BrNOS/c1-19-14-9-5-3-7-12(14)15(18)17-13-8-4-2-6-11(13)10-16/h2-9H,10H2,1H3,(H,17,18). The van der Waals surface area contributed by atoms with Gasteiger partial charge in [0, 0.05) is 15.9 Å². The van der Waals surface area contributed by atoms with Crippen LogP contribution in [0.1, 0.15) is 15.9 Å². The zero-order valence-corrected chi connectivity index (χ0v) is 12.9. The van der Waals surface area contributed by atoms with E-state index in [4.69, 9.17) is 0 Å². The van der Waals surface area contributed by atoms with Crippen LogP contribution >= 0.6 is 27.7 Å². The van der Waals surface area contributed by atoms with Gasteiger partial charge in [0.25, 0.3) is 5.91 Å². The van der Waals surface area contributed by atoms with Gasteiger partial charge in [0.15, 0.2) is 0 Å². The highest BCUT2D eigenvalue weighted by molar-refractivity contribution is 9.08. The van der Waals surface area contributed by atoms with Crippen LogP contribution in [0.25, 0.3) is 0 Å². The Hall–Kier alpha value is -1.26. The molecule has 2 aromatic carbocycles. The zero-order chi connectivity index (χ0) is 13.7. The van der Waals surface area contributed by atoms with Crippen molar-refractivity contribution in [3.8, 4) is 0 Å². The van der Waals surface area contributed by atoms with Crippen molar-refractivity contribution in [1.29, 1.82) is 0 Å². The summed E-state index contributed by atoms with van der Waals surface area (Å²) in [5.41, 5.74) is 2.62. The molecule has 0 fully saturated rings. The van der Waals surface area contributed by atoms with Gasteiger partial charge in [0.05, 0.1) is 5.56 Å². The quantitative estimate of drug-likeness (QED) is 0.655. The van der Waals surface area contributed by atoms with Crippen LogP contribution in [0.15, 0.2) is 53.4 Å². The second kappa shape index (κ2) is 6.78. The molecular weight excluding hydrogens is 322 g/mol. The van der Waals surface area contributed by atoms with Gasteiger partial charge in [-0.3, -0.25) is 4.79 Å². The molecule has 19 heavy (non-hydrogen) atoms. The molecular formula is C15H14BrNOS. The SMILES string of the molecule is CSc1ccccc1C(=O)Nc1ccccc1CBr. The first-order valence-corrected chi connectivity index (χ1v) is 8.19. The molecule has 98 valence electrons. The molecule has 0 aliphatic carbocycles. The molecule has 0 unspecified atom stereocenters. The van der Waals surface area contributed by atoms with Gasteiger partial charge >= 0.3 is 0 Å². The van der Waals surface area contributed by atoms with Crippen LogP contribution in [-0.4, -0.2) is 12.2 Å². The normalized spacial score (nSPS) is 10.2. The maximum Gasteiger partial charge on any atom is 0.256 e. The summed E-state index contributed by atoms with van der Waals surface area (Å²) in [7, 11) is 0. The molecule has 1 amide bonds. The van der Waals surface area contributed by atoms with Crippen molar-refractivity contribution < 1.29 is 4.79 Å². The number of alkyl halides is 1. The van der Waals surface area contributed by atoms with E-state index in [0.717, 1.165) is 16.1 Å². The summed E-state index contributed by atoms with van der Waals surface area (Å²) in [5.74, 6) is -0.0710. The van der Waals surface area contributed by atoms with Gasteiger partial charge < -0.3 is 5.32 Å². The number of thioether (sulfide) groups is 1. The Kier molecular flexibility index (Phi) is 5.05. The van der Waals surface area contributed by atoms with Crippen LogP contribution < -0.4 is 5.32 Å². The number of anilines is 1. The second-order valence-corrected chi connectivity index (χ2v) is 5.35. The Labute approximate surface area is 125 Å². The van der Waals surface area contributed by atoms with Crippen molar-refractivity contribution in [2.24, 2.45) is 0 Å². The number of rotatable bonds is 4. The van der Waals surface area contributed by atoms with Crippen LogP contribution in [0.2, 0.25) is 0 Å². The molecule has 0 aliphatic heterocycles. The number of hydrogen-bond donors (Lipinski definition) is 1.